The molecule has 34 heavy (non-hydrogen) atoms. The van der Waals surface area contributed by atoms with Crippen LogP contribution in [-0.2, 0) is 9.59 Å². The van der Waals surface area contributed by atoms with Gasteiger partial charge in [-0.15, -0.1) is 0 Å². The Labute approximate surface area is 202 Å². The molecule has 1 heterocycles. The Morgan fingerprint density at radius 2 is 2.03 bits per heavy atom. The smallest absolute Gasteiger partial charge is 0.234 e. The Balaban J connectivity index is 1.64. The molecule has 1 aliphatic heterocycles. The van der Waals surface area contributed by atoms with E-state index in [9.17, 15) is 20.0 Å². The van der Waals surface area contributed by atoms with Crippen LogP contribution in [0.2, 0.25) is 0 Å². The second-order valence-corrected chi connectivity index (χ2v) is 9.20. The maximum atomic E-state index is 12.9. The van der Waals surface area contributed by atoms with Crippen molar-refractivity contribution in [1.29, 1.82) is 5.26 Å². The molecule has 4 rings (SSSR count). The number of hydrogen-bond donors (Lipinski definition) is 3. The molecule has 2 aromatic rings. The van der Waals surface area contributed by atoms with Gasteiger partial charge < -0.3 is 20.5 Å². The van der Waals surface area contributed by atoms with Gasteiger partial charge in [0.2, 0.25) is 5.91 Å². The normalized spacial score (nSPS) is 17.6. The van der Waals surface area contributed by atoms with Crippen molar-refractivity contribution in [2.45, 2.75) is 32.1 Å². The zero-order valence-corrected chi connectivity index (χ0v) is 19.8. The van der Waals surface area contributed by atoms with Crippen LogP contribution in [-0.4, -0.2) is 29.7 Å². The number of nitriles is 1. The third-order valence-electron chi connectivity index (χ3n) is 5.88. The number of aryl methyl sites for hydroxylation is 1. The molecule has 1 atom stereocenters. The van der Waals surface area contributed by atoms with E-state index in [1.54, 1.807) is 12.1 Å². The van der Waals surface area contributed by atoms with Crippen molar-refractivity contribution in [3.05, 3.63) is 75.5 Å². The van der Waals surface area contributed by atoms with Crippen molar-refractivity contribution in [3.63, 3.8) is 0 Å². The second kappa shape index (κ2) is 10.1. The third kappa shape index (κ3) is 4.80. The number of benzene rings is 2. The van der Waals surface area contributed by atoms with Crippen molar-refractivity contribution in [3.8, 4) is 17.6 Å². The number of allylic oxidation sites excluding steroid dienone is 3. The number of dihydropyridines is 1. The standard InChI is InChI=1S/C26H25N3O4S/c1-15-6-9-17(10-7-15)28-23(32)14-34-26-18(13-27)24(16-8-11-20(30)22(12-16)33-2)25-19(29-26)4-3-5-21(25)31/h6-12,24,29-30H,3-5,14H2,1-2H3,(H,28,32)/t24-/m0/s1. The Morgan fingerprint density at radius 3 is 2.74 bits per heavy atom. The van der Waals surface area contributed by atoms with Crippen LogP contribution in [0.15, 0.2) is 64.3 Å². The molecule has 7 nitrogen and oxygen atoms in total. The van der Waals surface area contributed by atoms with E-state index in [0.717, 1.165) is 17.7 Å². The predicted molar refractivity (Wildman–Crippen MR) is 131 cm³/mol. The number of carbonyl (C=O) groups is 2. The third-order valence-corrected chi connectivity index (χ3v) is 6.90. The van der Waals surface area contributed by atoms with Crippen molar-refractivity contribution in [2.75, 3.05) is 18.2 Å². The van der Waals surface area contributed by atoms with Crippen LogP contribution in [0.4, 0.5) is 5.69 Å². The van der Waals surface area contributed by atoms with Crippen LogP contribution in [0, 0.1) is 18.3 Å². The first-order valence-electron chi connectivity index (χ1n) is 10.9. The van der Waals surface area contributed by atoms with Gasteiger partial charge in [0.15, 0.2) is 17.3 Å². The van der Waals surface area contributed by atoms with E-state index in [1.165, 1.54) is 24.9 Å². The molecule has 0 unspecified atom stereocenters. The lowest BCUT2D eigenvalue weighted by Gasteiger charge is -2.33. The molecule has 0 radical (unpaired) electrons. The summed E-state index contributed by atoms with van der Waals surface area (Å²) in [7, 11) is 1.45. The summed E-state index contributed by atoms with van der Waals surface area (Å²) in [6, 6.07) is 14.6. The molecular weight excluding hydrogens is 450 g/mol. The van der Waals surface area contributed by atoms with Crippen LogP contribution in [0.3, 0.4) is 0 Å². The fourth-order valence-electron chi connectivity index (χ4n) is 4.22. The highest BCUT2D eigenvalue weighted by Crippen LogP contribution is 2.45. The number of ether oxygens (including phenoxy) is 1. The number of nitrogens with zero attached hydrogens (tertiary/aromatic N) is 1. The van der Waals surface area contributed by atoms with E-state index in [0.29, 0.717) is 40.3 Å². The van der Waals surface area contributed by atoms with Gasteiger partial charge >= 0.3 is 0 Å². The molecule has 0 bridgehead atoms. The van der Waals surface area contributed by atoms with E-state index in [-0.39, 0.29) is 28.9 Å². The number of Topliss-reactive ketones (excluding diaryl/α,β-unsaturated/α-hetero) is 1. The number of ketones is 1. The number of carbonyl (C=O) groups excluding carboxylic acids is 2. The van der Waals surface area contributed by atoms with E-state index in [2.05, 4.69) is 16.7 Å². The highest BCUT2D eigenvalue weighted by molar-refractivity contribution is 8.03. The van der Waals surface area contributed by atoms with E-state index < -0.39 is 5.92 Å². The molecule has 3 N–H and O–H groups in total. The molecule has 1 amide bonds. The van der Waals surface area contributed by atoms with Gasteiger partial charge in [0.05, 0.1) is 35.5 Å². The number of aromatic hydroxyl groups is 1. The van der Waals surface area contributed by atoms with Gasteiger partial charge in [-0.2, -0.15) is 5.26 Å². The molecule has 2 aromatic carbocycles. The summed E-state index contributed by atoms with van der Waals surface area (Å²) >= 11 is 1.24. The maximum absolute atomic E-state index is 12.9. The number of methoxy groups -OCH3 is 1. The van der Waals surface area contributed by atoms with E-state index >= 15 is 0 Å². The predicted octanol–water partition coefficient (Wildman–Crippen LogP) is 4.51. The first-order valence-corrected chi connectivity index (χ1v) is 11.9. The summed E-state index contributed by atoms with van der Waals surface area (Å²) in [6.45, 7) is 1.98. The molecule has 174 valence electrons. The van der Waals surface area contributed by atoms with E-state index in [4.69, 9.17) is 4.74 Å². The second-order valence-electron chi connectivity index (χ2n) is 8.22. The monoisotopic (exact) mass is 475 g/mol. The summed E-state index contributed by atoms with van der Waals surface area (Å²) in [6.07, 6.45) is 1.83. The summed E-state index contributed by atoms with van der Waals surface area (Å²) in [5.74, 6) is -0.433. The Hall–Kier alpha value is -3.70. The summed E-state index contributed by atoms with van der Waals surface area (Å²) < 4.78 is 5.25. The molecule has 2 aliphatic rings. The van der Waals surface area contributed by atoms with Gasteiger partial charge in [-0.25, -0.2) is 0 Å². The van der Waals surface area contributed by atoms with Crippen LogP contribution in [0.1, 0.15) is 36.3 Å². The Morgan fingerprint density at radius 1 is 1.26 bits per heavy atom. The highest BCUT2D eigenvalue weighted by atomic mass is 32.2. The van der Waals surface area contributed by atoms with Crippen LogP contribution in [0.5, 0.6) is 11.5 Å². The minimum Gasteiger partial charge on any atom is -0.504 e. The highest BCUT2D eigenvalue weighted by Gasteiger charge is 2.37. The minimum atomic E-state index is -0.591. The lowest BCUT2D eigenvalue weighted by molar-refractivity contribution is -0.116. The number of amides is 1. The number of anilines is 1. The molecule has 0 spiro atoms. The topological polar surface area (TPSA) is 111 Å². The zero-order chi connectivity index (χ0) is 24.2. The van der Waals surface area contributed by atoms with Gasteiger partial charge in [-0.3, -0.25) is 9.59 Å². The van der Waals surface area contributed by atoms with Crippen LogP contribution >= 0.6 is 11.8 Å². The average Bonchev–Trinajstić information content (AvgIpc) is 2.84. The van der Waals surface area contributed by atoms with Gasteiger partial charge in [-0.1, -0.05) is 35.5 Å². The molecule has 0 aromatic heterocycles. The first-order chi connectivity index (χ1) is 16.4. The summed E-state index contributed by atoms with van der Waals surface area (Å²) in [5, 5.41) is 26.8. The van der Waals surface area contributed by atoms with Gasteiger partial charge in [0.1, 0.15) is 0 Å². The van der Waals surface area contributed by atoms with Crippen LogP contribution < -0.4 is 15.4 Å². The molecule has 0 fully saturated rings. The van der Waals surface area contributed by atoms with Crippen molar-refractivity contribution >= 4 is 29.1 Å². The molecule has 1 aliphatic carbocycles. The lowest BCUT2D eigenvalue weighted by atomic mass is 9.77. The van der Waals surface area contributed by atoms with E-state index in [1.807, 2.05) is 31.2 Å². The number of nitrogens with one attached hydrogen (secondary N) is 2. The molecule has 0 saturated carbocycles. The fourth-order valence-corrected chi connectivity index (χ4v) is 5.08. The minimum absolute atomic E-state index is 0.000272. The molecule has 8 heteroatoms. The average molecular weight is 476 g/mol. The van der Waals surface area contributed by atoms with Crippen molar-refractivity contribution in [1.82, 2.24) is 5.32 Å². The Kier molecular flexibility index (Phi) is 6.94. The first kappa shape index (κ1) is 23.5. The fraction of sp³-hybridized carbons (Fsp3) is 0.269. The largest absolute Gasteiger partial charge is 0.504 e. The van der Waals surface area contributed by atoms with Gasteiger partial charge in [-0.05, 0) is 49.6 Å². The quantitative estimate of drug-likeness (QED) is 0.564. The molecular formula is C26H25N3O4S. The SMILES string of the molecule is COc1cc([C@H]2C(C#N)=C(SCC(=O)Nc3ccc(C)cc3)NC3=C2C(=O)CCC3)ccc1O. The van der Waals surface area contributed by atoms with Crippen molar-refractivity contribution in [2.24, 2.45) is 0 Å². The maximum Gasteiger partial charge on any atom is 0.234 e. The number of phenols is 1. The zero-order valence-electron chi connectivity index (χ0n) is 19.0. The van der Waals surface area contributed by atoms with Gasteiger partial charge in [0.25, 0.3) is 0 Å². The number of thioether (sulfide) groups is 1. The van der Waals surface area contributed by atoms with Gasteiger partial charge in [0, 0.05) is 23.4 Å². The lowest BCUT2D eigenvalue weighted by Crippen LogP contribution is -2.31. The summed E-state index contributed by atoms with van der Waals surface area (Å²) in [4.78, 5) is 25.5. The number of phenolic OH excluding ortho intramolecular Hbond substituents is 1. The Bertz CT molecular complexity index is 1240. The number of hydrogen-bond acceptors (Lipinski definition) is 7. The van der Waals surface area contributed by atoms with Crippen molar-refractivity contribution < 1.29 is 19.4 Å². The number of rotatable bonds is 6. The van der Waals surface area contributed by atoms with Crippen LogP contribution in [0.25, 0.3) is 0 Å². The molecule has 0 saturated heterocycles. The summed E-state index contributed by atoms with van der Waals surface area (Å²) in [5.41, 5.74) is 4.22.